The third kappa shape index (κ3) is 3.21. The van der Waals surface area contributed by atoms with Gasteiger partial charge in [-0.3, -0.25) is 9.59 Å². The topological polar surface area (TPSA) is 81.2 Å². The number of carbonyl (C=O) groups is 1. The second-order valence-corrected chi connectivity index (χ2v) is 7.37. The van der Waals surface area contributed by atoms with E-state index in [-0.39, 0.29) is 11.6 Å². The fraction of sp³-hybridized carbons (Fsp3) is 0.471. The van der Waals surface area contributed by atoms with Crippen molar-refractivity contribution in [2.75, 3.05) is 18.8 Å². The van der Waals surface area contributed by atoms with Gasteiger partial charge in [0.15, 0.2) is 0 Å². The summed E-state index contributed by atoms with van der Waals surface area (Å²) in [6.07, 6.45) is 2.14. The van der Waals surface area contributed by atoms with Gasteiger partial charge in [-0.15, -0.1) is 11.3 Å². The number of nitrogen functional groups attached to an aromatic ring is 1. The summed E-state index contributed by atoms with van der Waals surface area (Å²) in [5.41, 5.74) is 6.19. The number of hydrogen-bond acceptors (Lipinski definition) is 5. The zero-order valence-corrected chi connectivity index (χ0v) is 14.8. The number of carbonyl (C=O) groups excluding carboxylic acids is 1. The predicted octanol–water partition coefficient (Wildman–Crippen LogP) is 2.37. The highest BCUT2D eigenvalue weighted by Gasteiger charge is 2.27. The highest BCUT2D eigenvalue weighted by atomic mass is 32.1. The van der Waals surface area contributed by atoms with E-state index in [1.807, 2.05) is 22.4 Å². The first-order valence-electron chi connectivity index (χ1n) is 8.19. The van der Waals surface area contributed by atoms with Gasteiger partial charge < -0.3 is 10.6 Å². The first kappa shape index (κ1) is 16.7. The number of piperidine rings is 1. The standard InChI is InChI=1S/C17H22N4O2S/c1-11-5-3-7-20(10-11)16(22)12(2)21-17(23)13(18)9-14(19-21)15-6-4-8-24-15/h4,6,8-9,11-12H,3,5,7,10,18H2,1-2H3/t11-,12+/m0/s1. The largest absolute Gasteiger partial charge is 0.394 e. The second kappa shape index (κ2) is 6.76. The lowest BCUT2D eigenvalue weighted by Gasteiger charge is -2.32. The Morgan fingerprint density at radius 1 is 1.50 bits per heavy atom. The molecule has 128 valence electrons. The van der Waals surface area contributed by atoms with Crippen molar-refractivity contribution in [3.05, 3.63) is 33.9 Å². The fourth-order valence-corrected chi connectivity index (χ4v) is 3.78. The summed E-state index contributed by atoms with van der Waals surface area (Å²) in [5.74, 6) is 0.418. The Kier molecular flexibility index (Phi) is 4.71. The highest BCUT2D eigenvalue weighted by molar-refractivity contribution is 7.13. The molecule has 0 aromatic carbocycles. The summed E-state index contributed by atoms with van der Waals surface area (Å²) < 4.78 is 1.23. The van der Waals surface area contributed by atoms with Crippen molar-refractivity contribution < 1.29 is 4.79 Å². The second-order valence-electron chi connectivity index (χ2n) is 6.42. The molecule has 1 amide bonds. The molecule has 1 fully saturated rings. The van der Waals surface area contributed by atoms with E-state index in [1.54, 1.807) is 13.0 Å². The lowest BCUT2D eigenvalue weighted by molar-refractivity contribution is -0.136. The molecule has 2 N–H and O–H groups in total. The van der Waals surface area contributed by atoms with Gasteiger partial charge in [-0.25, -0.2) is 4.68 Å². The maximum atomic E-state index is 12.8. The van der Waals surface area contributed by atoms with Crippen LogP contribution in [0.2, 0.25) is 0 Å². The molecule has 1 aliphatic heterocycles. The van der Waals surface area contributed by atoms with Crippen LogP contribution in [0, 0.1) is 5.92 Å². The molecular formula is C17H22N4O2S. The van der Waals surface area contributed by atoms with Crippen LogP contribution in [0.1, 0.15) is 32.7 Å². The minimum Gasteiger partial charge on any atom is -0.394 e. The number of hydrogen-bond donors (Lipinski definition) is 1. The summed E-state index contributed by atoms with van der Waals surface area (Å²) in [5, 5.41) is 6.33. The van der Waals surface area contributed by atoms with Gasteiger partial charge in [-0.1, -0.05) is 13.0 Å². The molecule has 1 aliphatic rings. The van der Waals surface area contributed by atoms with E-state index in [0.717, 1.165) is 30.8 Å². The van der Waals surface area contributed by atoms with Crippen molar-refractivity contribution in [1.29, 1.82) is 0 Å². The zero-order chi connectivity index (χ0) is 17.3. The Bertz CT molecular complexity index is 784. The number of aromatic nitrogens is 2. The van der Waals surface area contributed by atoms with Gasteiger partial charge in [0, 0.05) is 13.1 Å². The van der Waals surface area contributed by atoms with Crippen molar-refractivity contribution in [3.8, 4) is 10.6 Å². The van der Waals surface area contributed by atoms with Gasteiger partial charge in [0.2, 0.25) is 5.91 Å². The van der Waals surface area contributed by atoms with Crippen molar-refractivity contribution in [1.82, 2.24) is 14.7 Å². The molecule has 2 aromatic rings. The van der Waals surface area contributed by atoms with Crippen LogP contribution < -0.4 is 11.3 Å². The predicted molar refractivity (Wildman–Crippen MR) is 95.9 cm³/mol. The van der Waals surface area contributed by atoms with Crippen LogP contribution in [-0.2, 0) is 4.79 Å². The fourth-order valence-electron chi connectivity index (χ4n) is 3.10. The lowest BCUT2D eigenvalue weighted by Crippen LogP contribution is -2.44. The van der Waals surface area contributed by atoms with Crippen molar-refractivity contribution in [3.63, 3.8) is 0 Å². The molecule has 0 spiro atoms. The number of thiophene rings is 1. The van der Waals surface area contributed by atoms with E-state index in [0.29, 0.717) is 11.6 Å². The Balaban J connectivity index is 1.93. The van der Waals surface area contributed by atoms with Crippen molar-refractivity contribution in [2.45, 2.75) is 32.7 Å². The SMILES string of the molecule is C[C@H]1CCCN(C(=O)[C@@H](C)n2nc(-c3cccs3)cc(N)c2=O)C1. The summed E-state index contributed by atoms with van der Waals surface area (Å²) in [4.78, 5) is 27.9. The monoisotopic (exact) mass is 346 g/mol. The van der Waals surface area contributed by atoms with E-state index < -0.39 is 11.6 Å². The van der Waals surface area contributed by atoms with E-state index >= 15 is 0 Å². The van der Waals surface area contributed by atoms with Crippen LogP contribution in [0.4, 0.5) is 5.69 Å². The van der Waals surface area contributed by atoms with E-state index in [1.165, 1.54) is 16.0 Å². The minimum atomic E-state index is -0.662. The van der Waals surface area contributed by atoms with E-state index in [4.69, 9.17) is 5.73 Å². The van der Waals surface area contributed by atoms with Crippen LogP contribution in [0.5, 0.6) is 0 Å². The van der Waals surface area contributed by atoms with Gasteiger partial charge in [0.1, 0.15) is 17.4 Å². The van der Waals surface area contributed by atoms with Gasteiger partial charge in [-0.2, -0.15) is 5.10 Å². The van der Waals surface area contributed by atoms with Crippen molar-refractivity contribution in [2.24, 2.45) is 5.92 Å². The number of likely N-dealkylation sites (tertiary alicyclic amines) is 1. The third-order valence-corrected chi connectivity index (χ3v) is 5.32. The molecule has 0 bridgehead atoms. The molecule has 2 atom stereocenters. The van der Waals surface area contributed by atoms with Crippen LogP contribution in [-0.4, -0.2) is 33.7 Å². The molecular weight excluding hydrogens is 324 g/mol. The molecule has 0 saturated carbocycles. The summed E-state index contributed by atoms with van der Waals surface area (Å²) >= 11 is 1.52. The molecule has 0 aliphatic carbocycles. The zero-order valence-electron chi connectivity index (χ0n) is 13.9. The third-order valence-electron chi connectivity index (χ3n) is 4.43. The average Bonchev–Trinajstić information content (AvgIpc) is 3.10. The molecule has 0 radical (unpaired) electrons. The Labute approximate surface area is 144 Å². The van der Waals surface area contributed by atoms with Crippen LogP contribution in [0.3, 0.4) is 0 Å². The first-order valence-corrected chi connectivity index (χ1v) is 9.07. The molecule has 3 heterocycles. The minimum absolute atomic E-state index is 0.0705. The van der Waals surface area contributed by atoms with Crippen LogP contribution in [0.15, 0.2) is 28.4 Å². The Morgan fingerprint density at radius 3 is 2.96 bits per heavy atom. The van der Waals surface area contributed by atoms with Gasteiger partial charge in [0.25, 0.3) is 5.56 Å². The van der Waals surface area contributed by atoms with Gasteiger partial charge >= 0.3 is 0 Å². The van der Waals surface area contributed by atoms with E-state index in [9.17, 15) is 9.59 Å². The molecule has 6 nitrogen and oxygen atoms in total. The smallest absolute Gasteiger partial charge is 0.290 e. The Morgan fingerprint density at radius 2 is 2.29 bits per heavy atom. The first-order chi connectivity index (χ1) is 11.5. The van der Waals surface area contributed by atoms with Gasteiger partial charge in [-0.05, 0) is 43.2 Å². The normalized spacial score (nSPS) is 19.2. The number of rotatable bonds is 3. The molecule has 3 rings (SSSR count). The number of nitrogens with two attached hydrogens (primary N) is 1. The highest BCUT2D eigenvalue weighted by Crippen LogP contribution is 2.24. The lowest BCUT2D eigenvalue weighted by atomic mass is 10.00. The summed E-state index contributed by atoms with van der Waals surface area (Å²) in [6, 6.07) is 4.74. The van der Waals surface area contributed by atoms with Crippen LogP contribution >= 0.6 is 11.3 Å². The average molecular weight is 346 g/mol. The maximum Gasteiger partial charge on any atom is 0.290 e. The molecule has 1 saturated heterocycles. The molecule has 7 heteroatoms. The quantitative estimate of drug-likeness (QED) is 0.925. The molecule has 0 unspecified atom stereocenters. The van der Waals surface area contributed by atoms with E-state index in [2.05, 4.69) is 12.0 Å². The number of anilines is 1. The van der Waals surface area contributed by atoms with Gasteiger partial charge in [0.05, 0.1) is 4.88 Å². The van der Waals surface area contributed by atoms with Crippen molar-refractivity contribution >= 4 is 22.9 Å². The maximum absolute atomic E-state index is 12.8. The number of nitrogens with zero attached hydrogens (tertiary/aromatic N) is 3. The van der Waals surface area contributed by atoms with Crippen LogP contribution in [0.25, 0.3) is 10.6 Å². The molecule has 24 heavy (non-hydrogen) atoms. The molecule has 2 aromatic heterocycles. The summed E-state index contributed by atoms with van der Waals surface area (Å²) in [6.45, 7) is 5.33. The number of amides is 1. The Hall–Kier alpha value is -2.15. The summed E-state index contributed by atoms with van der Waals surface area (Å²) in [7, 11) is 0.